The quantitative estimate of drug-likeness (QED) is 0.773. The van der Waals surface area contributed by atoms with E-state index >= 15 is 0 Å². The van der Waals surface area contributed by atoms with Gasteiger partial charge in [-0.2, -0.15) is 0 Å². The SMILES string of the molecule is CCC(CNC(=O)Cc1ccc(C(=O)O)cc1)Oc1ccccc1C. The number of para-hydroxylation sites is 1. The number of hydrogen-bond acceptors (Lipinski definition) is 3. The van der Waals surface area contributed by atoms with Gasteiger partial charge in [0.15, 0.2) is 0 Å². The molecule has 0 saturated carbocycles. The lowest BCUT2D eigenvalue weighted by Crippen LogP contribution is -2.35. The predicted molar refractivity (Wildman–Crippen MR) is 96.0 cm³/mol. The van der Waals surface area contributed by atoms with Crippen LogP contribution in [0.1, 0.15) is 34.8 Å². The van der Waals surface area contributed by atoms with Crippen LogP contribution in [-0.4, -0.2) is 29.6 Å². The van der Waals surface area contributed by atoms with Crippen molar-refractivity contribution in [1.82, 2.24) is 5.32 Å². The lowest BCUT2D eigenvalue weighted by Gasteiger charge is -2.19. The zero-order valence-electron chi connectivity index (χ0n) is 14.5. The minimum Gasteiger partial charge on any atom is -0.488 e. The highest BCUT2D eigenvalue weighted by molar-refractivity contribution is 5.87. The number of aromatic carboxylic acids is 1. The molecule has 0 bridgehead atoms. The van der Waals surface area contributed by atoms with Gasteiger partial charge in [-0.15, -0.1) is 0 Å². The Labute approximate surface area is 147 Å². The fourth-order valence-corrected chi connectivity index (χ4v) is 2.38. The van der Waals surface area contributed by atoms with Gasteiger partial charge in [-0.25, -0.2) is 4.79 Å². The molecule has 5 heteroatoms. The van der Waals surface area contributed by atoms with Crippen LogP contribution in [0.2, 0.25) is 0 Å². The summed E-state index contributed by atoms with van der Waals surface area (Å²) in [4.78, 5) is 22.9. The van der Waals surface area contributed by atoms with Gasteiger partial charge in [-0.1, -0.05) is 37.3 Å². The fourth-order valence-electron chi connectivity index (χ4n) is 2.38. The third-order valence-corrected chi connectivity index (χ3v) is 3.94. The Hall–Kier alpha value is -2.82. The second kappa shape index (κ2) is 8.87. The number of carboxylic acids is 1. The molecule has 132 valence electrons. The number of carbonyl (C=O) groups excluding carboxylic acids is 1. The summed E-state index contributed by atoms with van der Waals surface area (Å²) in [5, 5.41) is 11.8. The first-order valence-electron chi connectivity index (χ1n) is 8.30. The molecule has 2 aromatic rings. The second-order valence-corrected chi connectivity index (χ2v) is 5.90. The molecule has 2 aromatic carbocycles. The van der Waals surface area contributed by atoms with Gasteiger partial charge in [0.2, 0.25) is 5.91 Å². The van der Waals surface area contributed by atoms with E-state index in [0.29, 0.717) is 6.54 Å². The average molecular weight is 341 g/mol. The first kappa shape index (κ1) is 18.5. The molecule has 0 fully saturated rings. The molecular weight excluding hydrogens is 318 g/mol. The lowest BCUT2D eigenvalue weighted by atomic mass is 10.1. The highest BCUT2D eigenvalue weighted by atomic mass is 16.5. The minimum atomic E-state index is -0.977. The average Bonchev–Trinajstić information content (AvgIpc) is 2.60. The Kier molecular flexibility index (Phi) is 6.57. The molecule has 0 aliphatic carbocycles. The third kappa shape index (κ3) is 5.64. The van der Waals surface area contributed by atoms with E-state index in [1.54, 1.807) is 12.1 Å². The molecule has 0 aliphatic heterocycles. The molecule has 0 radical (unpaired) electrons. The summed E-state index contributed by atoms with van der Waals surface area (Å²) in [6, 6.07) is 14.1. The van der Waals surface area contributed by atoms with Crippen molar-refractivity contribution in [2.75, 3.05) is 6.54 Å². The Morgan fingerprint density at radius 2 is 1.80 bits per heavy atom. The Balaban J connectivity index is 1.85. The van der Waals surface area contributed by atoms with Crippen molar-refractivity contribution in [2.24, 2.45) is 0 Å². The number of hydrogen-bond donors (Lipinski definition) is 2. The largest absolute Gasteiger partial charge is 0.488 e. The van der Waals surface area contributed by atoms with Crippen molar-refractivity contribution >= 4 is 11.9 Å². The van der Waals surface area contributed by atoms with Crippen molar-refractivity contribution in [2.45, 2.75) is 32.8 Å². The molecule has 1 atom stereocenters. The van der Waals surface area contributed by atoms with Crippen LogP contribution in [0.25, 0.3) is 0 Å². The molecule has 0 aliphatic rings. The Bertz CT molecular complexity index is 725. The number of rotatable bonds is 8. The highest BCUT2D eigenvalue weighted by Gasteiger charge is 2.12. The van der Waals surface area contributed by atoms with Crippen LogP contribution in [-0.2, 0) is 11.2 Å². The van der Waals surface area contributed by atoms with E-state index < -0.39 is 5.97 Å². The number of aryl methyl sites for hydroxylation is 1. The molecule has 2 rings (SSSR count). The predicted octanol–water partition coefficient (Wildman–Crippen LogP) is 3.21. The van der Waals surface area contributed by atoms with Crippen LogP contribution in [0.5, 0.6) is 5.75 Å². The summed E-state index contributed by atoms with van der Waals surface area (Å²) in [6.07, 6.45) is 0.891. The van der Waals surface area contributed by atoms with Gasteiger partial charge in [0.05, 0.1) is 18.5 Å². The van der Waals surface area contributed by atoms with E-state index in [1.165, 1.54) is 12.1 Å². The van der Waals surface area contributed by atoms with Gasteiger partial charge in [0.1, 0.15) is 11.9 Å². The van der Waals surface area contributed by atoms with E-state index in [9.17, 15) is 9.59 Å². The zero-order valence-corrected chi connectivity index (χ0v) is 14.5. The van der Waals surface area contributed by atoms with Crippen LogP contribution in [0.4, 0.5) is 0 Å². The van der Waals surface area contributed by atoms with Crippen molar-refractivity contribution in [3.8, 4) is 5.75 Å². The summed E-state index contributed by atoms with van der Waals surface area (Å²) >= 11 is 0. The van der Waals surface area contributed by atoms with Crippen LogP contribution in [0, 0.1) is 6.92 Å². The van der Waals surface area contributed by atoms with Gasteiger partial charge < -0.3 is 15.2 Å². The smallest absolute Gasteiger partial charge is 0.335 e. The maximum Gasteiger partial charge on any atom is 0.335 e. The standard InChI is InChI=1S/C20H23NO4/c1-3-17(25-18-7-5-4-6-14(18)2)13-21-19(22)12-15-8-10-16(11-9-15)20(23)24/h4-11,17H,3,12-13H2,1-2H3,(H,21,22)(H,23,24). The summed E-state index contributed by atoms with van der Waals surface area (Å²) in [5.74, 6) is -0.266. The topological polar surface area (TPSA) is 75.6 Å². The summed E-state index contributed by atoms with van der Waals surface area (Å²) in [6.45, 7) is 4.43. The molecule has 1 amide bonds. The Morgan fingerprint density at radius 3 is 2.40 bits per heavy atom. The normalized spacial score (nSPS) is 11.6. The number of benzene rings is 2. The van der Waals surface area contributed by atoms with Gasteiger partial charge >= 0.3 is 5.97 Å². The van der Waals surface area contributed by atoms with E-state index in [2.05, 4.69) is 5.32 Å². The van der Waals surface area contributed by atoms with Crippen LogP contribution in [0.15, 0.2) is 48.5 Å². The molecule has 5 nitrogen and oxygen atoms in total. The number of nitrogens with one attached hydrogen (secondary N) is 1. The second-order valence-electron chi connectivity index (χ2n) is 5.90. The number of ether oxygens (including phenoxy) is 1. The number of carbonyl (C=O) groups is 2. The maximum absolute atomic E-state index is 12.1. The third-order valence-electron chi connectivity index (χ3n) is 3.94. The van der Waals surface area contributed by atoms with Gasteiger partial charge in [0, 0.05) is 0 Å². The Morgan fingerprint density at radius 1 is 1.12 bits per heavy atom. The fraction of sp³-hybridized carbons (Fsp3) is 0.300. The molecule has 25 heavy (non-hydrogen) atoms. The molecule has 0 heterocycles. The van der Waals surface area contributed by atoms with Crippen molar-refractivity contribution in [1.29, 1.82) is 0 Å². The van der Waals surface area contributed by atoms with Gasteiger partial charge in [-0.3, -0.25) is 4.79 Å². The molecule has 0 saturated heterocycles. The van der Waals surface area contributed by atoms with E-state index in [0.717, 1.165) is 23.3 Å². The van der Waals surface area contributed by atoms with Crippen molar-refractivity contribution in [3.63, 3.8) is 0 Å². The van der Waals surface area contributed by atoms with Crippen LogP contribution < -0.4 is 10.1 Å². The molecule has 2 N–H and O–H groups in total. The number of carboxylic acid groups (broad SMARTS) is 1. The summed E-state index contributed by atoms with van der Waals surface area (Å²) < 4.78 is 5.96. The summed E-state index contributed by atoms with van der Waals surface area (Å²) in [5.41, 5.74) is 2.04. The summed E-state index contributed by atoms with van der Waals surface area (Å²) in [7, 11) is 0. The molecule has 0 aromatic heterocycles. The van der Waals surface area contributed by atoms with Crippen LogP contribution >= 0.6 is 0 Å². The highest BCUT2D eigenvalue weighted by Crippen LogP contribution is 2.18. The zero-order chi connectivity index (χ0) is 18.2. The van der Waals surface area contributed by atoms with Crippen LogP contribution in [0.3, 0.4) is 0 Å². The monoisotopic (exact) mass is 341 g/mol. The van der Waals surface area contributed by atoms with Crippen molar-refractivity contribution < 1.29 is 19.4 Å². The van der Waals surface area contributed by atoms with Gasteiger partial charge in [-0.05, 0) is 42.7 Å². The first-order valence-corrected chi connectivity index (χ1v) is 8.30. The molecule has 0 spiro atoms. The maximum atomic E-state index is 12.1. The number of amides is 1. The first-order chi connectivity index (χ1) is 12.0. The molecule has 1 unspecified atom stereocenters. The minimum absolute atomic E-state index is 0.0977. The molecular formula is C20H23NO4. The van der Waals surface area contributed by atoms with Gasteiger partial charge in [0.25, 0.3) is 0 Å². The van der Waals surface area contributed by atoms with E-state index in [4.69, 9.17) is 9.84 Å². The van der Waals surface area contributed by atoms with E-state index in [-0.39, 0.29) is 24.0 Å². The van der Waals surface area contributed by atoms with Crippen molar-refractivity contribution in [3.05, 3.63) is 65.2 Å². The van der Waals surface area contributed by atoms with E-state index in [1.807, 2.05) is 38.1 Å². The lowest BCUT2D eigenvalue weighted by molar-refractivity contribution is -0.120.